The van der Waals surface area contributed by atoms with Crippen LogP contribution < -0.4 is 10.1 Å². The predicted molar refractivity (Wildman–Crippen MR) is 102 cm³/mol. The van der Waals surface area contributed by atoms with Gasteiger partial charge in [0.05, 0.1) is 7.11 Å². The van der Waals surface area contributed by atoms with Crippen molar-refractivity contribution < 1.29 is 9.53 Å². The molecule has 0 aliphatic rings. The molecule has 1 heterocycles. The van der Waals surface area contributed by atoms with Gasteiger partial charge < -0.3 is 15.0 Å². The number of methoxy groups -OCH3 is 1. The van der Waals surface area contributed by atoms with E-state index in [0.29, 0.717) is 22.9 Å². The Hall–Kier alpha value is -2.46. The molecule has 0 aliphatic carbocycles. The molecule has 2 aromatic carbocycles. The van der Waals surface area contributed by atoms with Crippen molar-refractivity contribution in [2.24, 2.45) is 0 Å². The summed E-state index contributed by atoms with van der Waals surface area (Å²) in [4.78, 5) is 15.7. The van der Waals surface area contributed by atoms with Crippen LogP contribution in [-0.2, 0) is 5.41 Å². The molecule has 0 atom stereocenters. The van der Waals surface area contributed by atoms with Gasteiger partial charge in [0.25, 0.3) is 5.91 Å². The number of amides is 1. The van der Waals surface area contributed by atoms with Gasteiger partial charge in [0, 0.05) is 39.6 Å². The van der Waals surface area contributed by atoms with Gasteiger partial charge in [-0.15, -0.1) is 0 Å². The number of fused-ring (bicyclic) bond motifs is 1. The zero-order valence-corrected chi connectivity index (χ0v) is 15.3. The van der Waals surface area contributed by atoms with Crippen LogP contribution in [0.1, 0.15) is 29.8 Å². The van der Waals surface area contributed by atoms with Crippen molar-refractivity contribution in [3.8, 4) is 5.75 Å². The molecule has 0 fully saturated rings. The average Bonchev–Trinajstić information content (AvgIpc) is 3.03. The molecule has 4 nitrogen and oxygen atoms in total. The second kappa shape index (κ2) is 6.81. The van der Waals surface area contributed by atoms with Gasteiger partial charge in [-0.25, -0.2) is 0 Å². The van der Waals surface area contributed by atoms with Crippen molar-refractivity contribution in [2.75, 3.05) is 13.7 Å². The van der Waals surface area contributed by atoms with Crippen molar-refractivity contribution >= 4 is 28.4 Å². The zero-order valence-electron chi connectivity index (χ0n) is 14.5. The number of nitrogens with one attached hydrogen (secondary N) is 2. The van der Waals surface area contributed by atoms with Gasteiger partial charge in [-0.2, -0.15) is 0 Å². The fraction of sp³-hybridized carbons (Fsp3) is 0.250. The number of aromatic amines is 1. The number of hydrogen-bond acceptors (Lipinski definition) is 2. The van der Waals surface area contributed by atoms with Crippen LogP contribution in [0.15, 0.2) is 48.7 Å². The molecule has 2 N–H and O–H groups in total. The minimum Gasteiger partial charge on any atom is -0.497 e. The monoisotopic (exact) mass is 356 g/mol. The van der Waals surface area contributed by atoms with Crippen molar-refractivity contribution in [1.29, 1.82) is 0 Å². The standard InChI is InChI=1S/C20H21ClN2O2/c1-20(2,17-11-22-18-8-7-14(21)10-16(17)18)12-23-19(24)13-5-4-6-15(9-13)25-3/h4-11,22H,12H2,1-3H3,(H,23,24). The third-order valence-corrected chi connectivity index (χ3v) is 4.63. The minimum atomic E-state index is -0.253. The van der Waals surface area contributed by atoms with Gasteiger partial charge in [0.2, 0.25) is 0 Å². The van der Waals surface area contributed by atoms with E-state index in [-0.39, 0.29) is 11.3 Å². The predicted octanol–water partition coefficient (Wildman–Crippen LogP) is 4.54. The van der Waals surface area contributed by atoms with Crippen LogP contribution in [0.5, 0.6) is 5.75 Å². The van der Waals surface area contributed by atoms with Gasteiger partial charge in [-0.1, -0.05) is 31.5 Å². The minimum absolute atomic E-state index is 0.121. The maximum absolute atomic E-state index is 12.5. The molecule has 3 rings (SSSR count). The smallest absolute Gasteiger partial charge is 0.251 e. The highest BCUT2D eigenvalue weighted by atomic mass is 35.5. The number of aromatic nitrogens is 1. The molecule has 5 heteroatoms. The first-order chi connectivity index (χ1) is 11.9. The number of ether oxygens (including phenoxy) is 1. The van der Waals surface area contributed by atoms with E-state index in [4.69, 9.17) is 16.3 Å². The molecule has 130 valence electrons. The summed E-state index contributed by atoms with van der Waals surface area (Å²) in [7, 11) is 1.59. The van der Waals surface area contributed by atoms with Gasteiger partial charge in [-0.05, 0) is 42.0 Å². The van der Waals surface area contributed by atoms with Crippen molar-refractivity contribution in [3.63, 3.8) is 0 Å². The quantitative estimate of drug-likeness (QED) is 0.705. The third-order valence-electron chi connectivity index (χ3n) is 4.40. The Balaban J connectivity index is 1.78. The normalized spacial score (nSPS) is 11.5. The van der Waals surface area contributed by atoms with Gasteiger partial charge in [0.1, 0.15) is 5.75 Å². The summed E-state index contributed by atoms with van der Waals surface area (Å²) < 4.78 is 5.17. The summed E-state index contributed by atoms with van der Waals surface area (Å²) in [6, 6.07) is 12.9. The molecule has 0 saturated carbocycles. The molecule has 0 saturated heterocycles. The molecule has 0 aliphatic heterocycles. The molecular weight excluding hydrogens is 336 g/mol. The maximum atomic E-state index is 12.5. The lowest BCUT2D eigenvalue weighted by atomic mass is 9.84. The van der Waals surface area contributed by atoms with Crippen molar-refractivity contribution in [2.45, 2.75) is 19.3 Å². The highest BCUT2D eigenvalue weighted by molar-refractivity contribution is 6.31. The zero-order chi connectivity index (χ0) is 18.0. The molecule has 0 radical (unpaired) electrons. The molecule has 0 spiro atoms. The Labute approximate surface area is 152 Å². The first kappa shape index (κ1) is 17.4. The van der Waals surface area contributed by atoms with Crippen LogP contribution in [0.25, 0.3) is 10.9 Å². The van der Waals surface area contributed by atoms with E-state index >= 15 is 0 Å². The molecular formula is C20H21ClN2O2. The van der Waals surface area contributed by atoms with Gasteiger partial charge >= 0.3 is 0 Å². The van der Waals surface area contributed by atoms with E-state index in [1.807, 2.05) is 30.5 Å². The van der Waals surface area contributed by atoms with E-state index < -0.39 is 0 Å². The Kier molecular flexibility index (Phi) is 4.73. The Morgan fingerprint density at radius 3 is 2.80 bits per heavy atom. The SMILES string of the molecule is COc1cccc(C(=O)NCC(C)(C)c2c[nH]c3ccc(Cl)cc23)c1. The van der Waals surface area contributed by atoms with Crippen molar-refractivity contribution in [3.05, 3.63) is 64.8 Å². The first-order valence-corrected chi connectivity index (χ1v) is 8.48. The molecule has 1 aromatic heterocycles. The average molecular weight is 357 g/mol. The topological polar surface area (TPSA) is 54.1 Å². The van der Waals surface area contributed by atoms with Crippen LogP contribution in [0, 0.1) is 0 Å². The van der Waals surface area contributed by atoms with Crippen LogP contribution in [-0.4, -0.2) is 24.5 Å². The Morgan fingerprint density at radius 1 is 1.24 bits per heavy atom. The molecule has 25 heavy (non-hydrogen) atoms. The summed E-state index contributed by atoms with van der Waals surface area (Å²) in [5.41, 5.74) is 2.48. The lowest BCUT2D eigenvalue weighted by Crippen LogP contribution is -2.36. The molecule has 3 aromatic rings. The van der Waals surface area contributed by atoms with E-state index in [2.05, 4.69) is 24.1 Å². The van der Waals surface area contributed by atoms with Gasteiger partial charge in [0.15, 0.2) is 0 Å². The first-order valence-electron chi connectivity index (χ1n) is 8.10. The summed E-state index contributed by atoms with van der Waals surface area (Å²) >= 11 is 6.14. The van der Waals surface area contributed by atoms with Crippen molar-refractivity contribution in [1.82, 2.24) is 10.3 Å². The maximum Gasteiger partial charge on any atom is 0.251 e. The second-order valence-electron chi connectivity index (χ2n) is 6.69. The highest BCUT2D eigenvalue weighted by Crippen LogP contribution is 2.31. The number of benzene rings is 2. The lowest BCUT2D eigenvalue weighted by molar-refractivity contribution is 0.0945. The highest BCUT2D eigenvalue weighted by Gasteiger charge is 2.25. The van der Waals surface area contributed by atoms with Crippen LogP contribution in [0.4, 0.5) is 0 Å². The summed E-state index contributed by atoms with van der Waals surface area (Å²) in [6.07, 6.45) is 1.98. The fourth-order valence-corrected chi connectivity index (χ4v) is 3.09. The van der Waals surface area contributed by atoms with E-state index in [1.54, 1.807) is 25.3 Å². The molecule has 0 unspecified atom stereocenters. The van der Waals surface area contributed by atoms with E-state index in [1.165, 1.54) is 0 Å². The third kappa shape index (κ3) is 3.64. The molecule has 1 amide bonds. The Bertz CT molecular complexity index is 915. The van der Waals surface area contributed by atoms with E-state index in [0.717, 1.165) is 16.5 Å². The van der Waals surface area contributed by atoms with Crippen LogP contribution in [0.3, 0.4) is 0 Å². The van der Waals surface area contributed by atoms with Gasteiger partial charge in [-0.3, -0.25) is 4.79 Å². The number of H-pyrrole nitrogens is 1. The lowest BCUT2D eigenvalue weighted by Gasteiger charge is -2.25. The molecule has 0 bridgehead atoms. The fourth-order valence-electron chi connectivity index (χ4n) is 2.92. The number of hydrogen-bond donors (Lipinski definition) is 2. The Morgan fingerprint density at radius 2 is 2.04 bits per heavy atom. The van der Waals surface area contributed by atoms with Crippen LogP contribution >= 0.6 is 11.6 Å². The summed E-state index contributed by atoms with van der Waals surface area (Å²) in [5, 5.41) is 4.79. The largest absolute Gasteiger partial charge is 0.497 e. The second-order valence-corrected chi connectivity index (χ2v) is 7.13. The number of carbonyl (C=O) groups is 1. The number of rotatable bonds is 5. The summed E-state index contributed by atoms with van der Waals surface area (Å²) in [5.74, 6) is 0.544. The van der Waals surface area contributed by atoms with E-state index in [9.17, 15) is 4.79 Å². The summed E-state index contributed by atoms with van der Waals surface area (Å²) in [6.45, 7) is 4.70. The van der Waals surface area contributed by atoms with Crippen LogP contribution in [0.2, 0.25) is 5.02 Å². The number of carbonyl (C=O) groups excluding carboxylic acids is 1. The number of halogens is 1.